The summed E-state index contributed by atoms with van der Waals surface area (Å²) in [6.07, 6.45) is 1.10. The van der Waals surface area contributed by atoms with Crippen molar-refractivity contribution in [1.82, 2.24) is 10.2 Å². The monoisotopic (exact) mass is 307 g/mol. The first-order valence-corrected chi connectivity index (χ1v) is 7.81. The second kappa shape index (κ2) is 8.76. The molecule has 0 aromatic heterocycles. The number of phenols is 1. The van der Waals surface area contributed by atoms with Gasteiger partial charge in [0.25, 0.3) is 5.91 Å². The van der Waals surface area contributed by atoms with E-state index in [1.807, 2.05) is 0 Å². The molecule has 1 aromatic rings. The van der Waals surface area contributed by atoms with Crippen LogP contribution in [0.4, 0.5) is 0 Å². The van der Waals surface area contributed by atoms with Gasteiger partial charge in [0.2, 0.25) is 0 Å². The van der Waals surface area contributed by atoms with Crippen molar-refractivity contribution < 1.29 is 9.90 Å². The van der Waals surface area contributed by atoms with E-state index in [9.17, 15) is 9.90 Å². The Bertz CT molecular complexity index is 452. The fourth-order valence-corrected chi connectivity index (χ4v) is 2.05. The quantitative estimate of drug-likeness (QED) is 0.684. The van der Waals surface area contributed by atoms with Gasteiger partial charge in [0.15, 0.2) is 0 Å². The molecule has 0 spiro atoms. The molecule has 0 aliphatic carbocycles. The molecular formula is C17H29N3O2. The van der Waals surface area contributed by atoms with E-state index in [0.717, 1.165) is 26.1 Å². The Morgan fingerprint density at radius 2 is 1.82 bits per heavy atom. The third kappa shape index (κ3) is 7.43. The number of hydrogen-bond donors (Lipinski definition) is 3. The van der Waals surface area contributed by atoms with Gasteiger partial charge in [-0.1, -0.05) is 20.8 Å². The minimum absolute atomic E-state index is 0.122. The zero-order chi connectivity index (χ0) is 16.6. The average Bonchev–Trinajstić information content (AvgIpc) is 2.44. The second-order valence-corrected chi connectivity index (χ2v) is 6.74. The number of nitrogens with two attached hydrogens (primary N) is 1. The Morgan fingerprint density at radius 1 is 1.18 bits per heavy atom. The van der Waals surface area contributed by atoms with Crippen LogP contribution in [0.25, 0.3) is 0 Å². The van der Waals surface area contributed by atoms with E-state index >= 15 is 0 Å². The van der Waals surface area contributed by atoms with E-state index in [1.165, 1.54) is 12.1 Å². The molecule has 1 amide bonds. The highest BCUT2D eigenvalue weighted by Gasteiger charge is 2.13. The topological polar surface area (TPSA) is 78.6 Å². The van der Waals surface area contributed by atoms with E-state index in [2.05, 4.69) is 31.0 Å². The Balaban J connectivity index is 2.38. The third-order valence-electron chi connectivity index (χ3n) is 3.47. The second-order valence-electron chi connectivity index (χ2n) is 6.74. The molecule has 0 heterocycles. The maximum Gasteiger partial charge on any atom is 0.251 e. The minimum atomic E-state index is -0.122. The van der Waals surface area contributed by atoms with Gasteiger partial charge in [-0.3, -0.25) is 4.79 Å². The summed E-state index contributed by atoms with van der Waals surface area (Å²) in [5.74, 6) is 0.0383. The van der Waals surface area contributed by atoms with Crippen LogP contribution in [0.3, 0.4) is 0 Å². The van der Waals surface area contributed by atoms with Gasteiger partial charge in [0, 0.05) is 31.7 Å². The largest absolute Gasteiger partial charge is 0.508 e. The molecule has 0 fully saturated rings. The summed E-state index contributed by atoms with van der Waals surface area (Å²) in [5.41, 5.74) is 6.50. The molecule has 5 nitrogen and oxygen atoms in total. The van der Waals surface area contributed by atoms with Crippen molar-refractivity contribution >= 4 is 5.91 Å². The van der Waals surface area contributed by atoms with Gasteiger partial charge in [-0.25, -0.2) is 0 Å². The molecule has 0 saturated heterocycles. The van der Waals surface area contributed by atoms with Crippen molar-refractivity contribution in [2.24, 2.45) is 11.1 Å². The number of amides is 1. The summed E-state index contributed by atoms with van der Waals surface area (Å²) in [4.78, 5) is 14.3. The van der Waals surface area contributed by atoms with Crippen LogP contribution in [0.1, 0.15) is 37.6 Å². The standard InChI is InChI=1S/C17H29N3O2/c1-17(2,3)8-11-20(12-9-18)13-10-19-16(22)14-4-6-15(21)7-5-14/h4-7,21H,8-13,18H2,1-3H3,(H,19,22). The lowest BCUT2D eigenvalue weighted by atomic mass is 9.92. The van der Waals surface area contributed by atoms with Crippen molar-refractivity contribution in [3.63, 3.8) is 0 Å². The number of nitrogens with one attached hydrogen (secondary N) is 1. The van der Waals surface area contributed by atoms with Gasteiger partial charge in [-0.2, -0.15) is 0 Å². The summed E-state index contributed by atoms with van der Waals surface area (Å²) in [6.45, 7) is 10.5. The molecule has 1 rings (SSSR count). The number of benzene rings is 1. The molecule has 0 aliphatic rings. The lowest BCUT2D eigenvalue weighted by molar-refractivity contribution is 0.0947. The minimum Gasteiger partial charge on any atom is -0.508 e. The van der Waals surface area contributed by atoms with E-state index < -0.39 is 0 Å². The van der Waals surface area contributed by atoms with Crippen LogP contribution >= 0.6 is 0 Å². The molecule has 4 N–H and O–H groups in total. The van der Waals surface area contributed by atoms with Crippen LogP contribution < -0.4 is 11.1 Å². The van der Waals surface area contributed by atoms with Crippen molar-refractivity contribution in [2.45, 2.75) is 27.2 Å². The zero-order valence-electron chi connectivity index (χ0n) is 13.9. The summed E-state index contributed by atoms with van der Waals surface area (Å²) in [7, 11) is 0. The first-order chi connectivity index (χ1) is 10.3. The number of hydrogen-bond acceptors (Lipinski definition) is 4. The fraction of sp³-hybridized carbons (Fsp3) is 0.588. The van der Waals surface area contributed by atoms with Crippen LogP contribution in [0.5, 0.6) is 5.75 Å². The molecule has 0 bridgehead atoms. The maximum absolute atomic E-state index is 12.0. The highest BCUT2D eigenvalue weighted by molar-refractivity contribution is 5.94. The van der Waals surface area contributed by atoms with Gasteiger partial charge in [0.05, 0.1) is 0 Å². The van der Waals surface area contributed by atoms with Crippen LogP contribution in [0.15, 0.2) is 24.3 Å². The lowest BCUT2D eigenvalue weighted by Gasteiger charge is -2.26. The Morgan fingerprint density at radius 3 is 2.36 bits per heavy atom. The van der Waals surface area contributed by atoms with Crippen molar-refractivity contribution in [1.29, 1.82) is 0 Å². The predicted octanol–water partition coefficient (Wildman–Crippen LogP) is 1.82. The van der Waals surface area contributed by atoms with E-state index in [-0.39, 0.29) is 11.7 Å². The maximum atomic E-state index is 12.0. The highest BCUT2D eigenvalue weighted by Crippen LogP contribution is 2.18. The van der Waals surface area contributed by atoms with E-state index in [0.29, 0.717) is 24.1 Å². The average molecular weight is 307 g/mol. The fourth-order valence-electron chi connectivity index (χ4n) is 2.05. The molecule has 0 saturated carbocycles. The number of carbonyl (C=O) groups excluding carboxylic acids is 1. The lowest BCUT2D eigenvalue weighted by Crippen LogP contribution is -2.38. The molecule has 0 aliphatic heterocycles. The Kier molecular flexibility index (Phi) is 7.35. The molecule has 124 valence electrons. The Labute approximate surface area is 133 Å². The molecular weight excluding hydrogens is 278 g/mol. The van der Waals surface area contributed by atoms with Crippen molar-refractivity contribution in [2.75, 3.05) is 32.7 Å². The van der Waals surface area contributed by atoms with Crippen molar-refractivity contribution in [3.05, 3.63) is 29.8 Å². The molecule has 0 atom stereocenters. The Hall–Kier alpha value is -1.59. The third-order valence-corrected chi connectivity index (χ3v) is 3.47. The van der Waals surface area contributed by atoms with Crippen LogP contribution in [-0.2, 0) is 0 Å². The number of phenolic OH excluding ortho intramolecular Hbond substituents is 1. The van der Waals surface area contributed by atoms with Gasteiger partial charge >= 0.3 is 0 Å². The van der Waals surface area contributed by atoms with Gasteiger partial charge < -0.3 is 21.1 Å². The van der Waals surface area contributed by atoms with Gasteiger partial charge in [-0.15, -0.1) is 0 Å². The summed E-state index contributed by atoms with van der Waals surface area (Å²) in [5, 5.41) is 12.1. The number of nitrogens with zero attached hydrogens (tertiary/aromatic N) is 1. The predicted molar refractivity (Wildman–Crippen MR) is 90.0 cm³/mol. The molecule has 22 heavy (non-hydrogen) atoms. The molecule has 0 radical (unpaired) electrons. The SMILES string of the molecule is CC(C)(C)CCN(CCN)CCNC(=O)c1ccc(O)cc1. The first-order valence-electron chi connectivity index (χ1n) is 7.81. The first kappa shape index (κ1) is 18.5. The molecule has 5 heteroatoms. The van der Waals surface area contributed by atoms with Gasteiger partial charge in [-0.05, 0) is 42.6 Å². The number of carbonyl (C=O) groups is 1. The zero-order valence-corrected chi connectivity index (χ0v) is 13.9. The highest BCUT2D eigenvalue weighted by atomic mass is 16.3. The van der Waals surface area contributed by atoms with E-state index in [1.54, 1.807) is 12.1 Å². The number of aromatic hydroxyl groups is 1. The van der Waals surface area contributed by atoms with Crippen LogP contribution in [-0.4, -0.2) is 48.6 Å². The summed E-state index contributed by atoms with van der Waals surface area (Å²) >= 11 is 0. The van der Waals surface area contributed by atoms with Crippen LogP contribution in [0.2, 0.25) is 0 Å². The van der Waals surface area contributed by atoms with E-state index in [4.69, 9.17) is 5.73 Å². The summed E-state index contributed by atoms with van der Waals surface area (Å²) in [6, 6.07) is 6.25. The molecule has 0 unspecified atom stereocenters. The summed E-state index contributed by atoms with van der Waals surface area (Å²) < 4.78 is 0. The smallest absolute Gasteiger partial charge is 0.251 e. The number of rotatable bonds is 8. The van der Waals surface area contributed by atoms with Crippen LogP contribution in [0, 0.1) is 5.41 Å². The molecule has 1 aromatic carbocycles. The van der Waals surface area contributed by atoms with Crippen molar-refractivity contribution in [3.8, 4) is 5.75 Å². The van der Waals surface area contributed by atoms with Gasteiger partial charge in [0.1, 0.15) is 5.75 Å². The normalized spacial score (nSPS) is 11.7.